The van der Waals surface area contributed by atoms with Crippen molar-refractivity contribution in [1.29, 1.82) is 0 Å². The van der Waals surface area contributed by atoms with Crippen molar-refractivity contribution in [2.24, 2.45) is 0 Å². The molecule has 25 heavy (non-hydrogen) atoms. The molecule has 3 rings (SSSR count). The van der Waals surface area contributed by atoms with E-state index < -0.39 is 0 Å². The molecule has 0 atom stereocenters. The molecule has 1 saturated heterocycles. The average molecular weight is 360 g/mol. The van der Waals surface area contributed by atoms with Crippen LogP contribution in [0.1, 0.15) is 23.0 Å². The second-order valence-electron chi connectivity index (χ2n) is 6.10. The van der Waals surface area contributed by atoms with Gasteiger partial charge in [0.15, 0.2) is 0 Å². The normalized spacial score (nSPS) is 15.2. The first-order chi connectivity index (χ1) is 12.1. The molecule has 0 saturated carbocycles. The van der Waals surface area contributed by atoms with E-state index in [1.165, 1.54) is 6.33 Å². The Morgan fingerprint density at radius 3 is 2.68 bits per heavy atom. The van der Waals surface area contributed by atoms with Crippen molar-refractivity contribution >= 4 is 29.0 Å². The lowest BCUT2D eigenvalue weighted by molar-refractivity contribution is 0.0637. The molecule has 1 amide bonds. The van der Waals surface area contributed by atoms with E-state index in [2.05, 4.69) is 27.1 Å². The van der Waals surface area contributed by atoms with E-state index in [1.807, 2.05) is 30.0 Å². The van der Waals surface area contributed by atoms with E-state index in [0.29, 0.717) is 16.5 Å². The molecule has 1 aliphatic rings. The van der Waals surface area contributed by atoms with Crippen molar-refractivity contribution in [2.45, 2.75) is 13.8 Å². The van der Waals surface area contributed by atoms with Gasteiger partial charge in [-0.2, -0.15) is 0 Å². The number of amides is 1. The number of rotatable bonds is 4. The summed E-state index contributed by atoms with van der Waals surface area (Å²) < 4.78 is 0. The van der Waals surface area contributed by atoms with Crippen LogP contribution in [0.15, 0.2) is 30.6 Å². The maximum atomic E-state index is 12.7. The van der Waals surface area contributed by atoms with Gasteiger partial charge < -0.3 is 15.1 Å². The number of benzene rings is 1. The third kappa shape index (κ3) is 4.27. The van der Waals surface area contributed by atoms with Crippen LogP contribution < -0.4 is 5.32 Å². The number of nitrogens with one attached hydrogen (secondary N) is 1. The Bertz CT molecular complexity index is 759. The van der Waals surface area contributed by atoms with Crippen molar-refractivity contribution in [3.8, 4) is 0 Å². The van der Waals surface area contributed by atoms with Crippen LogP contribution in [0, 0.1) is 6.92 Å². The van der Waals surface area contributed by atoms with Gasteiger partial charge in [0.1, 0.15) is 17.8 Å². The van der Waals surface area contributed by atoms with Gasteiger partial charge in [-0.25, -0.2) is 9.97 Å². The Kier molecular flexibility index (Phi) is 5.50. The van der Waals surface area contributed by atoms with Gasteiger partial charge in [0.25, 0.3) is 5.91 Å². The van der Waals surface area contributed by atoms with Gasteiger partial charge in [-0.1, -0.05) is 24.6 Å². The lowest BCUT2D eigenvalue weighted by Gasteiger charge is -2.33. The summed E-state index contributed by atoms with van der Waals surface area (Å²) in [6.07, 6.45) is 1.41. The predicted molar refractivity (Wildman–Crippen MR) is 99.5 cm³/mol. The summed E-state index contributed by atoms with van der Waals surface area (Å²) in [7, 11) is 0. The van der Waals surface area contributed by atoms with Gasteiger partial charge in [-0.3, -0.25) is 4.79 Å². The highest BCUT2D eigenvalue weighted by molar-refractivity contribution is 6.30. The summed E-state index contributed by atoms with van der Waals surface area (Å²) in [6.45, 7) is 8.40. The minimum atomic E-state index is -0.0518. The summed E-state index contributed by atoms with van der Waals surface area (Å²) in [6, 6.07) is 7.30. The highest BCUT2D eigenvalue weighted by atomic mass is 35.5. The Morgan fingerprint density at radius 1 is 1.20 bits per heavy atom. The van der Waals surface area contributed by atoms with Crippen LogP contribution in [0.2, 0.25) is 5.02 Å². The van der Waals surface area contributed by atoms with Gasteiger partial charge >= 0.3 is 0 Å². The topological polar surface area (TPSA) is 61.4 Å². The number of carbonyl (C=O) groups is 1. The molecule has 0 radical (unpaired) electrons. The third-order valence-corrected chi connectivity index (χ3v) is 4.69. The maximum absolute atomic E-state index is 12.7. The molecule has 1 aliphatic heterocycles. The van der Waals surface area contributed by atoms with Gasteiger partial charge in [-0.15, -0.1) is 0 Å². The monoisotopic (exact) mass is 359 g/mol. The number of likely N-dealkylation sites (N-methyl/N-ethyl adjacent to an activating group) is 1. The van der Waals surface area contributed by atoms with Crippen molar-refractivity contribution in [2.75, 3.05) is 38.0 Å². The zero-order valence-electron chi connectivity index (χ0n) is 14.5. The lowest BCUT2D eigenvalue weighted by atomic mass is 10.2. The lowest BCUT2D eigenvalue weighted by Crippen LogP contribution is -2.48. The highest BCUT2D eigenvalue weighted by Gasteiger charge is 2.22. The molecule has 2 aromatic rings. The van der Waals surface area contributed by atoms with Gasteiger partial charge in [-0.05, 0) is 31.2 Å². The van der Waals surface area contributed by atoms with E-state index >= 15 is 0 Å². The standard InChI is InChI=1S/C18H22ClN5O/c1-3-23-6-8-24(9-7-23)18(25)16-11-17(21-12-20-16)22-15-10-14(19)5-4-13(15)2/h4-5,10-12H,3,6-9H2,1-2H3,(H,20,21,22). The number of hydrogen-bond acceptors (Lipinski definition) is 5. The molecule has 2 heterocycles. The molecule has 0 bridgehead atoms. The molecule has 6 nitrogen and oxygen atoms in total. The number of aryl methyl sites for hydroxylation is 1. The fourth-order valence-corrected chi connectivity index (χ4v) is 3.01. The van der Waals surface area contributed by atoms with Crippen LogP contribution in [0.5, 0.6) is 0 Å². The second-order valence-corrected chi connectivity index (χ2v) is 6.54. The minimum absolute atomic E-state index is 0.0518. The minimum Gasteiger partial charge on any atom is -0.340 e. The summed E-state index contributed by atoms with van der Waals surface area (Å²) in [5, 5.41) is 3.86. The van der Waals surface area contributed by atoms with Gasteiger partial charge in [0.2, 0.25) is 0 Å². The first-order valence-electron chi connectivity index (χ1n) is 8.43. The fourth-order valence-electron chi connectivity index (χ4n) is 2.84. The van der Waals surface area contributed by atoms with E-state index in [9.17, 15) is 4.79 Å². The number of piperazine rings is 1. The number of aromatic nitrogens is 2. The zero-order chi connectivity index (χ0) is 17.8. The number of anilines is 2. The summed E-state index contributed by atoms with van der Waals surface area (Å²) in [4.78, 5) is 25.2. The van der Waals surface area contributed by atoms with E-state index in [1.54, 1.807) is 6.07 Å². The van der Waals surface area contributed by atoms with Crippen LogP contribution in [0.3, 0.4) is 0 Å². The smallest absolute Gasteiger partial charge is 0.272 e. The summed E-state index contributed by atoms with van der Waals surface area (Å²) in [5.41, 5.74) is 2.31. The molecular weight excluding hydrogens is 338 g/mol. The van der Waals surface area contributed by atoms with Crippen LogP contribution in [-0.4, -0.2) is 58.4 Å². The summed E-state index contributed by atoms with van der Waals surface area (Å²) in [5.74, 6) is 0.528. The van der Waals surface area contributed by atoms with Crippen LogP contribution >= 0.6 is 11.6 Å². The van der Waals surface area contributed by atoms with Crippen molar-refractivity contribution < 1.29 is 4.79 Å². The molecule has 0 aliphatic carbocycles. The van der Waals surface area contributed by atoms with Crippen LogP contribution in [0.25, 0.3) is 0 Å². The zero-order valence-corrected chi connectivity index (χ0v) is 15.3. The Balaban J connectivity index is 1.73. The van der Waals surface area contributed by atoms with E-state index in [0.717, 1.165) is 44.0 Å². The van der Waals surface area contributed by atoms with Gasteiger partial charge in [0.05, 0.1) is 0 Å². The number of carbonyl (C=O) groups excluding carboxylic acids is 1. The first-order valence-corrected chi connectivity index (χ1v) is 8.81. The Morgan fingerprint density at radius 2 is 1.96 bits per heavy atom. The number of nitrogens with zero attached hydrogens (tertiary/aromatic N) is 4. The molecule has 1 N–H and O–H groups in total. The van der Waals surface area contributed by atoms with Crippen molar-refractivity contribution in [3.63, 3.8) is 0 Å². The molecule has 1 aromatic carbocycles. The van der Waals surface area contributed by atoms with Crippen LogP contribution in [-0.2, 0) is 0 Å². The molecule has 1 fully saturated rings. The quantitative estimate of drug-likeness (QED) is 0.909. The molecule has 7 heteroatoms. The molecule has 132 valence electrons. The maximum Gasteiger partial charge on any atom is 0.272 e. The van der Waals surface area contributed by atoms with Gasteiger partial charge in [0, 0.05) is 43.0 Å². The third-order valence-electron chi connectivity index (χ3n) is 4.46. The summed E-state index contributed by atoms with van der Waals surface area (Å²) >= 11 is 6.05. The SMILES string of the molecule is CCN1CCN(C(=O)c2cc(Nc3cc(Cl)ccc3C)ncn2)CC1. The Hall–Kier alpha value is -2.18. The van der Waals surface area contributed by atoms with Crippen molar-refractivity contribution in [1.82, 2.24) is 19.8 Å². The van der Waals surface area contributed by atoms with E-state index in [-0.39, 0.29) is 5.91 Å². The largest absolute Gasteiger partial charge is 0.340 e. The van der Waals surface area contributed by atoms with E-state index in [4.69, 9.17) is 11.6 Å². The predicted octanol–water partition coefficient (Wildman–Crippen LogP) is 2.96. The second kappa shape index (κ2) is 7.80. The molecule has 0 unspecified atom stereocenters. The van der Waals surface area contributed by atoms with Crippen LogP contribution in [0.4, 0.5) is 11.5 Å². The molecule has 0 spiro atoms. The average Bonchev–Trinajstić information content (AvgIpc) is 2.64. The fraction of sp³-hybridized carbons (Fsp3) is 0.389. The van der Waals surface area contributed by atoms with Crippen molar-refractivity contribution in [3.05, 3.63) is 46.9 Å². The highest BCUT2D eigenvalue weighted by Crippen LogP contribution is 2.23. The first kappa shape index (κ1) is 17.6. The number of halogens is 1. The molecule has 1 aromatic heterocycles. The molecular formula is C18H22ClN5O. The number of hydrogen-bond donors (Lipinski definition) is 1. The Labute approximate surface area is 152 Å².